The van der Waals surface area contributed by atoms with Crippen LogP contribution in [-0.2, 0) is 6.42 Å². The zero-order chi connectivity index (χ0) is 13.4. The third-order valence-electron chi connectivity index (χ3n) is 4.36. The minimum atomic E-state index is 0.0529. The van der Waals surface area contributed by atoms with Crippen molar-refractivity contribution in [2.75, 3.05) is 13.1 Å². The Bertz CT molecular complexity index is 480. The van der Waals surface area contributed by atoms with E-state index in [1.807, 2.05) is 17.9 Å². The molecule has 2 bridgehead atoms. The minimum Gasteiger partial charge on any atom is -0.456 e. The summed E-state index contributed by atoms with van der Waals surface area (Å²) in [5.41, 5.74) is 1.08. The Balaban J connectivity index is 1.75. The smallest absolute Gasteiger partial charge is 0.289 e. The summed E-state index contributed by atoms with van der Waals surface area (Å²) in [6.07, 6.45) is 4.34. The average molecular weight is 262 g/mol. The molecule has 0 spiro atoms. The molecule has 0 aliphatic carbocycles. The van der Waals surface area contributed by atoms with E-state index in [-0.39, 0.29) is 5.91 Å². The largest absolute Gasteiger partial charge is 0.456 e. The third-order valence-corrected chi connectivity index (χ3v) is 4.36. The summed E-state index contributed by atoms with van der Waals surface area (Å²) in [6.45, 7) is 5.71. The van der Waals surface area contributed by atoms with Crippen LogP contribution < -0.4 is 5.32 Å². The van der Waals surface area contributed by atoms with Gasteiger partial charge in [0.25, 0.3) is 5.91 Å². The number of nitrogens with one attached hydrogen (secondary N) is 1. The molecule has 0 saturated carbocycles. The van der Waals surface area contributed by atoms with E-state index in [4.69, 9.17) is 4.42 Å². The number of hydrogen-bond donors (Lipinski definition) is 1. The van der Waals surface area contributed by atoms with Gasteiger partial charge < -0.3 is 14.6 Å². The van der Waals surface area contributed by atoms with Crippen molar-refractivity contribution in [3.8, 4) is 0 Å². The van der Waals surface area contributed by atoms with E-state index in [1.165, 1.54) is 12.8 Å². The number of fused-ring (bicyclic) bond motifs is 2. The van der Waals surface area contributed by atoms with E-state index in [9.17, 15) is 4.79 Å². The first kappa shape index (κ1) is 12.7. The number of carbonyl (C=O) groups excluding carboxylic acids is 1. The molecule has 2 aliphatic heterocycles. The van der Waals surface area contributed by atoms with E-state index < -0.39 is 0 Å². The molecule has 104 valence electrons. The maximum atomic E-state index is 12.5. The van der Waals surface area contributed by atoms with Crippen molar-refractivity contribution in [2.24, 2.45) is 0 Å². The Morgan fingerprint density at radius 2 is 2.21 bits per heavy atom. The van der Waals surface area contributed by atoms with Gasteiger partial charge in [-0.25, -0.2) is 0 Å². The van der Waals surface area contributed by atoms with Crippen molar-refractivity contribution in [2.45, 2.75) is 51.6 Å². The lowest BCUT2D eigenvalue weighted by atomic mass is 10.1. The van der Waals surface area contributed by atoms with Crippen LogP contribution in [0.25, 0.3) is 0 Å². The maximum Gasteiger partial charge on any atom is 0.289 e. The highest BCUT2D eigenvalue weighted by atomic mass is 16.4. The summed E-state index contributed by atoms with van der Waals surface area (Å²) in [5.74, 6) is 1.49. The maximum absolute atomic E-state index is 12.5. The molecule has 2 fully saturated rings. The van der Waals surface area contributed by atoms with Gasteiger partial charge in [0.1, 0.15) is 5.76 Å². The van der Waals surface area contributed by atoms with Crippen LogP contribution in [0.1, 0.15) is 48.1 Å². The zero-order valence-electron chi connectivity index (χ0n) is 11.7. The lowest BCUT2D eigenvalue weighted by Crippen LogP contribution is -2.38. The third kappa shape index (κ3) is 2.41. The fraction of sp³-hybridized carbons (Fsp3) is 0.667. The van der Waals surface area contributed by atoms with Crippen LogP contribution in [0, 0.1) is 6.92 Å². The van der Waals surface area contributed by atoms with E-state index in [0.717, 1.165) is 37.3 Å². The van der Waals surface area contributed by atoms with Gasteiger partial charge in [-0.3, -0.25) is 4.79 Å². The molecule has 1 aromatic heterocycles. The lowest BCUT2D eigenvalue weighted by molar-refractivity contribution is 0.0714. The van der Waals surface area contributed by atoms with Gasteiger partial charge in [-0.1, -0.05) is 6.92 Å². The van der Waals surface area contributed by atoms with Crippen LogP contribution in [0.5, 0.6) is 0 Å². The monoisotopic (exact) mass is 262 g/mol. The minimum absolute atomic E-state index is 0.0529. The highest BCUT2D eigenvalue weighted by Gasteiger charge is 2.32. The molecule has 2 aliphatic rings. The number of rotatable bonds is 2. The Kier molecular flexibility index (Phi) is 3.35. The van der Waals surface area contributed by atoms with E-state index in [2.05, 4.69) is 12.2 Å². The molecule has 0 radical (unpaired) electrons. The van der Waals surface area contributed by atoms with Crippen LogP contribution in [0.3, 0.4) is 0 Å². The summed E-state index contributed by atoms with van der Waals surface area (Å²) in [6, 6.07) is 2.96. The van der Waals surface area contributed by atoms with E-state index in [0.29, 0.717) is 17.8 Å². The van der Waals surface area contributed by atoms with Crippen LogP contribution in [0.2, 0.25) is 0 Å². The molecule has 4 heteroatoms. The zero-order valence-corrected chi connectivity index (χ0v) is 11.7. The number of furan rings is 1. The number of amides is 1. The second-order valence-electron chi connectivity index (χ2n) is 5.75. The molecular formula is C15H22N2O2. The van der Waals surface area contributed by atoms with Crippen LogP contribution in [0.4, 0.5) is 0 Å². The summed E-state index contributed by atoms with van der Waals surface area (Å²) < 4.78 is 5.69. The van der Waals surface area contributed by atoms with Gasteiger partial charge in [-0.15, -0.1) is 0 Å². The fourth-order valence-electron chi connectivity index (χ4n) is 3.26. The van der Waals surface area contributed by atoms with Gasteiger partial charge in [0.05, 0.1) is 0 Å². The molecule has 1 N–H and O–H groups in total. The Hall–Kier alpha value is -1.29. The van der Waals surface area contributed by atoms with Gasteiger partial charge in [-0.05, 0) is 37.8 Å². The Morgan fingerprint density at radius 3 is 2.95 bits per heavy atom. The van der Waals surface area contributed by atoms with Crippen LogP contribution >= 0.6 is 0 Å². The van der Waals surface area contributed by atoms with Crippen molar-refractivity contribution < 1.29 is 9.21 Å². The predicted octanol–water partition coefficient (Wildman–Crippen LogP) is 2.12. The number of aryl methyl sites for hydroxylation is 2. The van der Waals surface area contributed by atoms with Crippen molar-refractivity contribution >= 4 is 5.91 Å². The lowest BCUT2D eigenvalue weighted by Gasteiger charge is -2.23. The Labute approximate surface area is 114 Å². The molecule has 4 nitrogen and oxygen atoms in total. The van der Waals surface area contributed by atoms with Crippen LogP contribution in [-0.4, -0.2) is 36.0 Å². The predicted molar refractivity (Wildman–Crippen MR) is 73.3 cm³/mol. The first-order valence-corrected chi connectivity index (χ1v) is 7.32. The molecule has 1 amide bonds. The molecule has 2 atom stereocenters. The fourth-order valence-corrected chi connectivity index (χ4v) is 3.26. The number of hydrogen-bond acceptors (Lipinski definition) is 3. The van der Waals surface area contributed by atoms with Gasteiger partial charge in [0, 0.05) is 31.6 Å². The summed E-state index contributed by atoms with van der Waals surface area (Å²) in [7, 11) is 0. The molecule has 19 heavy (non-hydrogen) atoms. The molecule has 3 heterocycles. The van der Waals surface area contributed by atoms with Crippen molar-refractivity contribution in [3.05, 3.63) is 23.2 Å². The van der Waals surface area contributed by atoms with Crippen molar-refractivity contribution in [3.63, 3.8) is 0 Å². The highest BCUT2D eigenvalue weighted by Crippen LogP contribution is 2.23. The normalized spacial score (nSPS) is 26.5. The molecule has 2 unspecified atom stereocenters. The van der Waals surface area contributed by atoms with E-state index >= 15 is 0 Å². The van der Waals surface area contributed by atoms with Gasteiger partial charge in [0.15, 0.2) is 5.76 Å². The SMILES string of the molecule is CCc1oc(C(=O)N2CCC3CCC(C2)N3)cc1C. The van der Waals surface area contributed by atoms with Gasteiger partial charge in [0.2, 0.25) is 0 Å². The van der Waals surface area contributed by atoms with Crippen LogP contribution in [0.15, 0.2) is 10.5 Å². The van der Waals surface area contributed by atoms with Gasteiger partial charge in [-0.2, -0.15) is 0 Å². The molecular weight excluding hydrogens is 240 g/mol. The highest BCUT2D eigenvalue weighted by molar-refractivity contribution is 5.91. The number of nitrogens with zero attached hydrogens (tertiary/aromatic N) is 1. The number of carbonyl (C=O) groups is 1. The summed E-state index contributed by atoms with van der Waals surface area (Å²) >= 11 is 0. The van der Waals surface area contributed by atoms with Gasteiger partial charge >= 0.3 is 0 Å². The molecule has 3 rings (SSSR count). The first-order valence-electron chi connectivity index (χ1n) is 7.32. The topological polar surface area (TPSA) is 45.5 Å². The molecule has 2 saturated heterocycles. The standard InChI is InChI=1S/C15H22N2O2/c1-3-13-10(2)8-14(19-13)15(18)17-7-6-11-4-5-12(9-17)16-11/h8,11-12,16H,3-7,9H2,1-2H3. The second-order valence-corrected chi connectivity index (χ2v) is 5.75. The summed E-state index contributed by atoms with van der Waals surface area (Å²) in [5, 5.41) is 3.59. The quantitative estimate of drug-likeness (QED) is 0.888. The van der Waals surface area contributed by atoms with E-state index in [1.54, 1.807) is 0 Å². The first-order chi connectivity index (χ1) is 9.17. The molecule has 1 aromatic rings. The molecule has 0 aromatic carbocycles. The van der Waals surface area contributed by atoms with Crippen molar-refractivity contribution in [1.82, 2.24) is 10.2 Å². The van der Waals surface area contributed by atoms with Crippen molar-refractivity contribution in [1.29, 1.82) is 0 Å². The number of likely N-dealkylation sites (tertiary alicyclic amines) is 1. The Morgan fingerprint density at radius 1 is 1.42 bits per heavy atom. The average Bonchev–Trinajstić information content (AvgIpc) is 2.91. The summed E-state index contributed by atoms with van der Waals surface area (Å²) in [4.78, 5) is 14.5. The second kappa shape index (κ2) is 5.00.